The summed E-state index contributed by atoms with van der Waals surface area (Å²) in [6.45, 7) is 2.74. The van der Waals surface area contributed by atoms with Crippen molar-refractivity contribution < 1.29 is 9.53 Å². The smallest absolute Gasteiger partial charge is 0.255 e. The molecule has 0 unspecified atom stereocenters. The standard InChI is InChI=1S/C17H15BrCl3NO2/c1-2-3-6-24-16-5-4-10(7-11(16)18)17(23)22-15-9-13(20)12(19)8-14(15)21/h4-5,7-9H,2-3,6H2,1H3,(H,22,23). The number of carbonyl (C=O) groups excluding carboxylic acids is 1. The van der Waals surface area contributed by atoms with Gasteiger partial charge in [0, 0.05) is 5.56 Å². The quantitative estimate of drug-likeness (QED) is 0.386. The molecular weight excluding hydrogens is 436 g/mol. The van der Waals surface area contributed by atoms with Crippen molar-refractivity contribution in [2.24, 2.45) is 0 Å². The highest BCUT2D eigenvalue weighted by Gasteiger charge is 2.13. The number of anilines is 1. The molecule has 0 aliphatic carbocycles. The Hall–Kier alpha value is -0.940. The summed E-state index contributed by atoms with van der Waals surface area (Å²) in [6.07, 6.45) is 2.03. The monoisotopic (exact) mass is 449 g/mol. The van der Waals surface area contributed by atoms with E-state index in [2.05, 4.69) is 28.2 Å². The molecule has 0 atom stereocenters. The SMILES string of the molecule is CCCCOc1ccc(C(=O)Nc2cc(Cl)c(Cl)cc2Cl)cc1Br. The molecule has 0 spiro atoms. The van der Waals surface area contributed by atoms with Gasteiger partial charge < -0.3 is 10.1 Å². The van der Waals surface area contributed by atoms with Crippen LogP contribution in [-0.4, -0.2) is 12.5 Å². The molecule has 128 valence electrons. The second-order valence-electron chi connectivity index (χ2n) is 5.05. The molecule has 1 N–H and O–H groups in total. The Morgan fingerprint density at radius 3 is 2.50 bits per heavy atom. The number of rotatable bonds is 6. The van der Waals surface area contributed by atoms with Gasteiger partial charge in [-0.15, -0.1) is 0 Å². The van der Waals surface area contributed by atoms with E-state index in [9.17, 15) is 4.79 Å². The van der Waals surface area contributed by atoms with Crippen LogP contribution in [0.5, 0.6) is 5.75 Å². The molecule has 0 aliphatic rings. The van der Waals surface area contributed by atoms with Crippen LogP contribution in [0.3, 0.4) is 0 Å². The van der Waals surface area contributed by atoms with Gasteiger partial charge in [-0.25, -0.2) is 0 Å². The maximum Gasteiger partial charge on any atom is 0.255 e. The van der Waals surface area contributed by atoms with Gasteiger partial charge in [0.1, 0.15) is 5.75 Å². The Morgan fingerprint density at radius 1 is 1.12 bits per heavy atom. The molecule has 0 radical (unpaired) electrons. The predicted molar refractivity (Wildman–Crippen MR) is 104 cm³/mol. The minimum atomic E-state index is -0.309. The molecule has 2 aromatic carbocycles. The van der Waals surface area contributed by atoms with Crippen molar-refractivity contribution in [3.63, 3.8) is 0 Å². The van der Waals surface area contributed by atoms with E-state index in [1.165, 1.54) is 12.1 Å². The van der Waals surface area contributed by atoms with E-state index in [0.717, 1.165) is 12.8 Å². The number of amides is 1. The summed E-state index contributed by atoms with van der Waals surface area (Å²) in [6, 6.07) is 8.14. The average molecular weight is 452 g/mol. The molecule has 0 heterocycles. The van der Waals surface area contributed by atoms with Gasteiger partial charge in [0.25, 0.3) is 5.91 Å². The van der Waals surface area contributed by atoms with Gasteiger partial charge in [-0.3, -0.25) is 4.79 Å². The summed E-state index contributed by atoms with van der Waals surface area (Å²) < 4.78 is 6.36. The van der Waals surface area contributed by atoms with Crippen molar-refractivity contribution in [3.8, 4) is 5.75 Å². The van der Waals surface area contributed by atoms with E-state index in [0.29, 0.717) is 43.1 Å². The van der Waals surface area contributed by atoms with Crippen molar-refractivity contribution in [2.45, 2.75) is 19.8 Å². The highest BCUT2D eigenvalue weighted by molar-refractivity contribution is 9.10. The number of carbonyl (C=O) groups is 1. The van der Waals surface area contributed by atoms with Crippen LogP contribution >= 0.6 is 50.7 Å². The van der Waals surface area contributed by atoms with Crippen LogP contribution < -0.4 is 10.1 Å². The third-order valence-corrected chi connectivity index (χ3v) is 4.86. The molecule has 0 saturated carbocycles. The molecule has 0 bridgehead atoms. The molecule has 0 aromatic heterocycles. The number of benzene rings is 2. The summed E-state index contributed by atoms with van der Waals surface area (Å²) >= 11 is 21.3. The Bertz CT molecular complexity index is 753. The van der Waals surface area contributed by atoms with Crippen molar-refractivity contribution >= 4 is 62.3 Å². The van der Waals surface area contributed by atoms with Gasteiger partial charge in [-0.05, 0) is 52.7 Å². The Labute approximate surface area is 164 Å². The molecule has 2 rings (SSSR count). The van der Waals surface area contributed by atoms with E-state index in [-0.39, 0.29) is 5.91 Å². The Morgan fingerprint density at radius 2 is 1.83 bits per heavy atom. The summed E-state index contributed by atoms with van der Waals surface area (Å²) in [5, 5.41) is 3.68. The fourth-order valence-corrected chi connectivity index (χ4v) is 2.99. The molecule has 3 nitrogen and oxygen atoms in total. The lowest BCUT2D eigenvalue weighted by atomic mass is 10.2. The van der Waals surface area contributed by atoms with Crippen LogP contribution in [0.2, 0.25) is 15.1 Å². The number of halogens is 4. The van der Waals surface area contributed by atoms with E-state index < -0.39 is 0 Å². The first-order valence-corrected chi connectivity index (χ1v) is 9.23. The van der Waals surface area contributed by atoms with Gasteiger partial charge in [0.2, 0.25) is 0 Å². The van der Waals surface area contributed by atoms with Crippen LogP contribution in [-0.2, 0) is 0 Å². The number of hydrogen-bond acceptors (Lipinski definition) is 2. The van der Waals surface area contributed by atoms with Crippen LogP contribution in [0.4, 0.5) is 5.69 Å². The average Bonchev–Trinajstić information content (AvgIpc) is 2.54. The zero-order valence-corrected chi connectivity index (χ0v) is 16.7. The highest BCUT2D eigenvalue weighted by atomic mass is 79.9. The normalized spacial score (nSPS) is 10.5. The Balaban J connectivity index is 2.13. The first-order valence-electron chi connectivity index (χ1n) is 7.30. The van der Waals surface area contributed by atoms with Crippen molar-refractivity contribution in [1.29, 1.82) is 0 Å². The minimum Gasteiger partial charge on any atom is -0.492 e. The summed E-state index contributed by atoms with van der Waals surface area (Å²) in [5.74, 6) is 0.392. The van der Waals surface area contributed by atoms with Gasteiger partial charge >= 0.3 is 0 Å². The number of nitrogens with one attached hydrogen (secondary N) is 1. The third-order valence-electron chi connectivity index (χ3n) is 3.21. The van der Waals surface area contributed by atoms with Crippen molar-refractivity contribution in [1.82, 2.24) is 0 Å². The first kappa shape index (κ1) is 19.4. The number of hydrogen-bond donors (Lipinski definition) is 1. The lowest BCUT2D eigenvalue weighted by molar-refractivity contribution is 0.102. The van der Waals surface area contributed by atoms with Crippen LogP contribution in [0.1, 0.15) is 30.1 Å². The van der Waals surface area contributed by atoms with Crippen molar-refractivity contribution in [2.75, 3.05) is 11.9 Å². The van der Waals surface area contributed by atoms with Gasteiger partial charge in [0.05, 0.1) is 31.8 Å². The summed E-state index contributed by atoms with van der Waals surface area (Å²) in [7, 11) is 0. The van der Waals surface area contributed by atoms with Gasteiger partial charge in [-0.2, -0.15) is 0 Å². The van der Waals surface area contributed by atoms with Crippen LogP contribution in [0.15, 0.2) is 34.8 Å². The first-order chi connectivity index (χ1) is 11.4. The predicted octanol–water partition coefficient (Wildman–Crippen LogP) is 6.84. The molecule has 1 amide bonds. The van der Waals surface area contributed by atoms with Gasteiger partial charge in [-0.1, -0.05) is 48.1 Å². The minimum absolute atomic E-state index is 0.309. The van der Waals surface area contributed by atoms with E-state index in [1.807, 2.05) is 0 Å². The zero-order valence-electron chi connectivity index (χ0n) is 12.8. The highest BCUT2D eigenvalue weighted by Crippen LogP contribution is 2.33. The van der Waals surface area contributed by atoms with Crippen LogP contribution in [0, 0.1) is 0 Å². The molecule has 2 aromatic rings. The molecule has 7 heteroatoms. The fraction of sp³-hybridized carbons (Fsp3) is 0.235. The number of ether oxygens (including phenoxy) is 1. The molecule has 0 fully saturated rings. The van der Waals surface area contributed by atoms with Gasteiger partial charge in [0.15, 0.2) is 0 Å². The van der Waals surface area contributed by atoms with E-state index >= 15 is 0 Å². The fourth-order valence-electron chi connectivity index (χ4n) is 1.90. The maximum absolute atomic E-state index is 12.4. The van der Waals surface area contributed by atoms with Crippen LogP contribution in [0.25, 0.3) is 0 Å². The third kappa shape index (κ3) is 5.03. The lowest BCUT2D eigenvalue weighted by Crippen LogP contribution is -2.12. The Kier molecular flexibility index (Phi) is 7.23. The molecular formula is C17H15BrCl3NO2. The summed E-state index contributed by atoms with van der Waals surface area (Å²) in [5.41, 5.74) is 0.863. The van der Waals surface area contributed by atoms with E-state index in [4.69, 9.17) is 39.5 Å². The zero-order chi connectivity index (χ0) is 17.7. The topological polar surface area (TPSA) is 38.3 Å². The maximum atomic E-state index is 12.4. The lowest BCUT2D eigenvalue weighted by Gasteiger charge is -2.11. The second kappa shape index (κ2) is 8.95. The largest absolute Gasteiger partial charge is 0.492 e. The number of unbranched alkanes of at least 4 members (excludes halogenated alkanes) is 1. The van der Waals surface area contributed by atoms with E-state index in [1.54, 1.807) is 18.2 Å². The summed E-state index contributed by atoms with van der Waals surface area (Å²) in [4.78, 5) is 12.4. The second-order valence-corrected chi connectivity index (χ2v) is 7.12. The van der Waals surface area contributed by atoms with Crippen molar-refractivity contribution in [3.05, 3.63) is 55.4 Å². The molecule has 0 aliphatic heterocycles. The molecule has 24 heavy (non-hydrogen) atoms. The molecule has 0 saturated heterocycles.